The molecule has 0 aliphatic heterocycles. The van der Waals surface area contributed by atoms with E-state index in [2.05, 4.69) is 0 Å². The molecule has 0 radical (unpaired) electrons. The van der Waals surface area contributed by atoms with Gasteiger partial charge in [0.1, 0.15) is 5.60 Å². The van der Waals surface area contributed by atoms with Crippen LogP contribution in [-0.2, 0) is 28.8 Å². The average Bonchev–Trinajstić information content (AvgIpc) is 2.60. The maximum absolute atomic E-state index is 10.3. The molecule has 0 spiro atoms. The van der Waals surface area contributed by atoms with E-state index in [9.17, 15) is 44.1 Å². The number of aliphatic carboxylic acids is 6. The molecular formula is C18H29Na3O17. The fraction of sp³-hybridized carbons (Fsp3) is 0.667. The molecule has 17 nitrogen and oxygen atoms in total. The Kier molecular flexibility index (Phi) is 41.9. The zero-order chi connectivity index (χ0) is 29.0. The Hall–Kier alpha value is -0.380. The second kappa shape index (κ2) is 29.6. The minimum absolute atomic E-state index is 0. The van der Waals surface area contributed by atoms with E-state index >= 15 is 0 Å². The van der Waals surface area contributed by atoms with Crippen molar-refractivity contribution in [1.29, 1.82) is 0 Å². The van der Waals surface area contributed by atoms with E-state index in [1.807, 2.05) is 0 Å². The van der Waals surface area contributed by atoms with E-state index in [-0.39, 0.29) is 108 Å². The van der Waals surface area contributed by atoms with Crippen LogP contribution in [0.5, 0.6) is 0 Å². The van der Waals surface area contributed by atoms with Gasteiger partial charge in [-0.05, 0) is 20.3 Å². The number of rotatable bonds is 12. The third-order valence-corrected chi connectivity index (χ3v) is 3.09. The summed E-state index contributed by atoms with van der Waals surface area (Å²) in [5.41, 5.74) is -5.71. The van der Waals surface area contributed by atoms with Crippen molar-refractivity contribution in [3.63, 3.8) is 0 Å². The average molecular weight is 586 g/mol. The van der Waals surface area contributed by atoms with Crippen LogP contribution in [0.15, 0.2) is 0 Å². The van der Waals surface area contributed by atoms with Crippen molar-refractivity contribution in [1.82, 2.24) is 0 Å². The number of carbonyl (C=O) groups excluding carboxylic acids is 3. The van der Waals surface area contributed by atoms with Crippen LogP contribution in [0.2, 0.25) is 0 Å². The van der Waals surface area contributed by atoms with Crippen molar-refractivity contribution < 1.29 is 174 Å². The first-order valence-electron chi connectivity index (χ1n) is 9.37. The maximum Gasteiger partial charge on any atom is 1.00 e. The third-order valence-electron chi connectivity index (χ3n) is 3.09. The Bertz CT molecular complexity index is 616. The fourth-order valence-corrected chi connectivity index (χ4v) is 1.59. The summed E-state index contributed by atoms with van der Waals surface area (Å²) in [4.78, 5) is 60.5. The predicted octanol–water partition coefficient (Wildman–Crippen LogP) is -15.7. The molecule has 0 rings (SSSR count). The van der Waals surface area contributed by atoms with Crippen LogP contribution in [0.25, 0.3) is 0 Å². The molecule has 0 amide bonds. The van der Waals surface area contributed by atoms with Crippen molar-refractivity contribution in [2.75, 3.05) is 13.2 Å². The molecule has 0 aromatic heterocycles. The molecule has 8 N–H and O–H groups in total. The summed E-state index contributed by atoms with van der Waals surface area (Å²) in [7, 11) is 0. The summed E-state index contributed by atoms with van der Waals surface area (Å²) < 4.78 is 0. The molecule has 0 bridgehead atoms. The molecule has 38 heavy (non-hydrogen) atoms. The van der Waals surface area contributed by atoms with Gasteiger partial charge in [-0.25, -0.2) is 4.79 Å². The van der Waals surface area contributed by atoms with Gasteiger partial charge in [0.15, 0.2) is 5.60 Å². The van der Waals surface area contributed by atoms with Gasteiger partial charge < -0.3 is 70.6 Å². The van der Waals surface area contributed by atoms with Gasteiger partial charge in [-0.3, -0.25) is 9.59 Å². The van der Waals surface area contributed by atoms with Gasteiger partial charge >= 0.3 is 107 Å². The summed E-state index contributed by atoms with van der Waals surface area (Å²) in [5, 5.41) is 96.8. The van der Waals surface area contributed by atoms with Gasteiger partial charge in [0.05, 0.1) is 24.9 Å². The molecule has 20 heteroatoms. The molecule has 0 heterocycles. The van der Waals surface area contributed by atoms with Crippen LogP contribution in [-0.4, -0.2) is 107 Å². The Labute approximate surface area is 283 Å². The molecule has 206 valence electrons. The number of carboxylic acids is 6. The zero-order valence-corrected chi connectivity index (χ0v) is 27.8. The van der Waals surface area contributed by atoms with Gasteiger partial charge in [0, 0.05) is 38.0 Å². The summed E-state index contributed by atoms with van der Waals surface area (Å²) in [6.07, 6.45) is -4.87. The van der Waals surface area contributed by atoms with E-state index in [0.29, 0.717) is 6.42 Å². The van der Waals surface area contributed by atoms with E-state index in [4.69, 9.17) is 40.9 Å². The van der Waals surface area contributed by atoms with Gasteiger partial charge in [-0.1, -0.05) is 0 Å². The van der Waals surface area contributed by atoms with Gasteiger partial charge in [-0.15, -0.1) is 0 Å². The minimum atomic E-state index is -2.97. The SMILES string of the molecule is CC(O)CCO.CCO.O=C(O)CC(O)(CC(=O)O)C(=O)O.O=C([O-])CC(O)(CC(=O)[O-])C(=O)[O-].[Na+].[Na+].[Na+]. The van der Waals surface area contributed by atoms with Gasteiger partial charge in [0.2, 0.25) is 0 Å². The predicted molar refractivity (Wildman–Crippen MR) is 102 cm³/mol. The second-order valence-corrected chi connectivity index (χ2v) is 6.57. The minimum Gasteiger partial charge on any atom is -0.550 e. The van der Waals surface area contributed by atoms with Crippen LogP contribution >= 0.6 is 0 Å². The molecule has 1 unspecified atom stereocenters. The molecule has 0 aromatic rings. The molecule has 0 aliphatic carbocycles. The number of hydrogen-bond acceptors (Lipinski definition) is 14. The first-order chi connectivity index (χ1) is 15.7. The topological polar surface area (TPSA) is 333 Å². The van der Waals surface area contributed by atoms with Crippen molar-refractivity contribution >= 4 is 35.8 Å². The normalized spacial score (nSPS) is 10.2. The molecule has 0 aromatic carbocycles. The Balaban J connectivity index is -0.0000000728. The number of aliphatic hydroxyl groups is 5. The van der Waals surface area contributed by atoms with E-state index in [1.54, 1.807) is 13.8 Å². The fourth-order valence-electron chi connectivity index (χ4n) is 1.59. The number of carboxylic acid groups (broad SMARTS) is 6. The largest absolute Gasteiger partial charge is 1.00 e. The third kappa shape index (κ3) is 35.6. The van der Waals surface area contributed by atoms with Crippen LogP contribution < -0.4 is 104 Å². The van der Waals surface area contributed by atoms with Crippen molar-refractivity contribution in [3.05, 3.63) is 0 Å². The molecule has 0 fully saturated rings. The molecular weight excluding hydrogens is 557 g/mol. The maximum atomic E-state index is 10.3. The summed E-state index contributed by atoms with van der Waals surface area (Å²) >= 11 is 0. The zero-order valence-electron chi connectivity index (χ0n) is 21.8. The van der Waals surface area contributed by atoms with Gasteiger partial charge in [-0.2, -0.15) is 0 Å². The quantitative estimate of drug-likeness (QED) is 0.0983. The number of carbonyl (C=O) groups is 6. The summed E-state index contributed by atoms with van der Waals surface area (Å²) in [5.74, 6) is -11.0. The van der Waals surface area contributed by atoms with Crippen LogP contribution in [0.1, 0.15) is 46.0 Å². The van der Waals surface area contributed by atoms with Crippen molar-refractivity contribution in [2.45, 2.75) is 63.3 Å². The van der Waals surface area contributed by atoms with E-state index in [0.717, 1.165) is 0 Å². The van der Waals surface area contributed by atoms with Crippen LogP contribution in [0.4, 0.5) is 0 Å². The summed E-state index contributed by atoms with van der Waals surface area (Å²) in [6, 6.07) is 0. The van der Waals surface area contributed by atoms with Crippen molar-refractivity contribution in [3.8, 4) is 0 Å². The number of hydrogen-bond donors (Lipinski definition) is 8. The Morgan fingerprint density at radius 3 is 1.11 bits per heavy atom. The Morgan fingerprint density at radius 1 is 0.711 bits per heavy atom. The Morgan fingerprint density at radius 2 is 1.00 bits per heavy atom. The smallest absolute Gasteiger partial charge is 0.550 e. The van der Waals surface area contributed by atoms with E-state index < -0.39 is 72.7 Å². The summed E-state index contributed by atoms with van der Waals surface area (Å²) in [6.45, 7) is 3.66. The molecule has 0 aliphatic rings. The van der Waals surface area contributed by atoms with E-state index in [1.165, 1.54) is 0 Å². The van der Waals surface area contributed by atoms with Gasteiger partial charge in [0.25, 0.3) is 0 Å². The van der Waals surface area contributed by atoms with Crippen molar-refractivity contribution in [2.24, 2.45) is 0 Å². The monoisotopic (exact) mass is 586 g/mol. The molecule has 0 saturated carbocycles. The van der Waals surface area contributed by atoms with Crippen LogP contribution in [0, 0.1) is 0 Å². The standard InChI is InChI=1S/2C6H8O7.C4H10O2.C2H6O.3Na/c2*7-3(8)1-6(13,5(11)12)2-4(9)10;1-4(6)2-3-5;1-2-3;;;/h2*13H,1-2H2,(H,7,8)(H,9,10)(H,11,12);4-6H,2-3H2,1H3;3H,2H2,1H3;;;/q;;;;3*+1/p-3. The first kappa shape index (κ1) is 53.8. The van der Waals surface area contributed by atoms with Crippen LogP contribution in [0.3, 0.4) is 0 Å². The second-order valence-electron chi connectivity index (χ2n) is 6.57. The molecule has 1 atom stereocenters. The number of aliphatic hydroxyl groups excluding tert-OH is 3. The first-order valence-corrected chi connectivity index (χ1v) is 9.37. The molecule has 0 saturated heterocycles.